The Labute approximate surface area is 129 Å². The third kappa shape index (κ3) is 3.14. The van der Waals surface area contributed by atoms with E-state index in [2.05, 4.69) is 0 Å². The molecule has 3 nitrogen and oxygen atoms in total. The molecule has 0 unspecified atom stereocenters. The topological polar surface area (TPSA) is 46.3 Å². The molecule has 1 amide bonds. The molecule has 4 heteroatoms. The first-order valence-electron chi connectivity index (χ1n) is 8.06. The number of carbonyl (C=O) groups excluding carboxylic acids is 1. The highest BCUT2D eigenvalue weighted by atomic mass is 35.5. The van der Waals surface area contributed by atoms with Gasteiger partial charge in [0, 0.05) is 26.6 Å². The van der Waals surface area contributed by atoms with E-state index in [9.17, 15) is 4.79 Å². The number of amides is 1. The number of hydrogen-bond donors (Lipinski definition) is 1. The van der Waals surface area contributed by atoms with Crippen molar-refractivity contribution in [2.45, 2.75) is 51.9 Å². The minimum absolute atomic E-state index is 0. The van der Waals surface area contributed by atoms with Crippen LogP contribution in [0.25, 0.3) is 0 Å². The number of rotatable bonds is 5. The molecule has 0 aromatic rings. The van der Waals surface area contributed by atoms with Crippen LogP contribution in [0.15, 0.2) is 0 Å². The number of halogens is 1. The maximum atomic E-state index is 11.6. The van der Waals surface area contributed by atoms with Crippen molar-refractivity contribution in [1.29, 1.82) is 0 Å². The van der Waals surface area contributed by atoms with Gasteiger partial charge in [0.25, 0.3) is 0 Å². The Morgan fingerprint density at radius 3 is 2.00 bits per heavy atom. The Hall–Kier alpha value is -0.280. The first-order chi connectivity index (χ1) is 9.10. The van der Waals surface area contributed by atoms with Crippen molar-refractivity contribution in [3.05, 3.63) is 0 Å². The van der Waals surface area contributed by atoms with Crippen molar-refractivity contribution >= 4 is 18.3 Å². The summed E-state index contributed by atoms with van der Waals surface area (Å²) in [6, 6.07) is 0. The van der Waals surface area contributed by atoms with Crippen LogP contribution in [0.5, 0.6) is 0 Å². The van der Waals surface area contributed by atoms with E-state index in [1.807, 2.05) is 4.90 Å². The number of hydrogen-bond acceptors (Lipinski definition) is 2. The highest BCUT2D eigenvalue weighted by Gasteiger charge is 2.50. The fourth-order valence-corrected chi connectivity index (χ4v) is 5.55. The monoisotopic (exact) mass is 300 g/mol. The molecule has 4 aliphatic rings. The van der Waals surface area contributed by atoms with Crippen molar-refractivity contribution < 1.29 is 4.79 Å². The van der Waals surface area contributed by atoms with Gasteiger partial charge in [-0.05, 0) is 68.1 Å². The molecule has 4 fully saturated rings. The number of nitrogens with zero attached hydrogens (tertiary/aromatic N) is 1. The van der Waals surface area contributed by atoms with Gasteiger partial charge >= 0.3 is 0 Å². The Morgan fingerprint density at radius 2 is 1.60 bits per heavy atom. The normalized spacial score (nSPS) is 37.6. The van der Waals surface area contributed by atoms with Crippen LogP contribution in [-0.2, 0) is 4.79 Å². The third-order valence-corrected chi connectivity index (χ3v) is 5.92. The highest BCUT2D eigenvalue weighted by Crippen LogP contribution is 2.61. The maximum Gasteiger partial charge on any atom is 0.219 e. The quantitative estimate of drug-likeness (QED) is 0.848. The molecule has 116 valence electrons. The molecule has 0 spiro atoms. The van der Waals surface area contributed by atoms with Gasteiger partial charge in [0.2, 0.25) is 5.91 Å². The molecule has 0 aromatic carbocycles. The molecule has 0 saturated heterocycles. The smallest absolute Gasteiger partial charge is 0.219 e. The van der Waals surface area contributed by atoms with E-state index < -0.39 is 0 Å². The molecule has 2 N–H and O–H groups in total. The third-order valence-electron chi connectivity index (χ3n) is 5.92. The Kier molecular flexibility index (Phi) is 5.01. The van der Waals surface area contributed by atoms with Gasteiger partial charge in [0.15, 0.2) is 0 Å². The zero-order valence-electron chi connectivity index (χ0n) is 12.6. The number of nitrogens with two attached hydrogens (primary N) is 1. The standard InChI is InChI=1S/C16H28N2O.ClH/c1-12(19)18(5-3-17)4-2-16-9-13-6-14(10-16)8-15(7-13)11-16;/h13-15H,2-11,17H2,1H3;1H. The zero-order chi connectivity index (χ0) is 13.5. The van der Waals surface area contributed by atoms with Crippen LogP contribution in [0, 0.1) is 23.2 Å². The van der Waals surface area contributed by atoms with Crippen LogP contribution < -0.4 is 5.73 Å². The van der Waals surface area contributed by atoms with Crippen molar-refractivity contribution in [3.63, 3.8) is 0 Å². The fraction of sp³-hybridized carbons (Fsp3) is 0.938. The van der Waals surface area contributed by atoms with Crippen molar-refractivity contribution in [2.75, 3.05) is 19.6 Å². The second-order valence-corrected chi connectivity index (χ2v) is 7.46. The Balaban J connectivity index is 0.00000147. The molecule has 0 atom stereocenters. The average molecular weight is 301 g/mol. The average Bonchev–Trinajstić information content (AvgIpc) is 2.32. The van der Waals surface area contributed by atoms with Gasteiger partial charge in [0.05, 0.1) is 0 Å². The lowest BCUT2D eigenvalue weighted by Crippen LogP contribution is -2.47. The molecule has 4 saturated carbocycles. The lowest BCUT2D eigenvalue weighted by Gasteiger charge is -2.57. The predicted molar refractivity (Wildman–Crippen MR) is 83.8 cm³/mol. The lowest BCUT2D eigenvalue weighted by atomic mass is 9.49. The molecule has 0 heterocycles. The van der Waals surface area contributed by atoms with E-state index in [4.69, 9.17) is 5.73 Å². The van der Waals surface area contributed by atoms with Gasteiger partial charge in [0.1, 0.15) is 0 Å². The van der Waals surface area contributed by atoms with Gasteiger partial charge in [-0.3, -0.25) is 4.79 Å². The molecule has 20 heavy (non-hydrogen) atoms. The highest BCUT2D eigenvalue weighted by molar-refractivity contribution is 5.85. The Bertz CT molecular complexity index is 323. The summed E-state index contributed by atoms with van der Waals surface area (Å²) < 4.78 is 0. The second kappa shape index (κ2) is 6.23. The van der Waals surface area contributed by atoms with Crippen molar-refractivity contribution in [2.24, 2.45) is 28.9 Å². The SMILES string of the molecule is CC(=O)N(CCN)CCC12CC3CC(CC(C3)C1)C2.Cl. The molecular formula is C16H29ClN2O. The van der Waals surface area contributed by atoms with Crippen LogP contribution in [0.2, 0.25) is 0 Å². The van der Waals surface area contributed by atoms with Crippen molar-refractivity contribution in [1.82, 2.24) is 4.90 Å². The van der Waals surface area contributed by atoms with E-state index in [-0.39, 0.29) is 18.3 Å². The molecule has 4 rings (SSSR count). The summed E-state index contributed by atoms with van der Waals surface area (Å²) in [6.45, 7) is 3.91. The first-order valence-corrected chi connectivity index (χ1v) is 8.06. The Morgan fingerprint density at radius 1 is 1.10 bits per heavy atom. The van der Waals surface area contributed by atoms with E-state index in [0.717, 1.165) is 30.8 Å². The largest absolute Gasteiger partial charge is 0.342 e. The van der Waals surface area contributed by atoms with Crippen LogP contribution in [0.1, 0.15) is 51.9 Å². The van der Waals surface area contributed by atoms with Gasteiger partial charge in [-0.1, -0.05) is 0 Å². The zero-order valence-corrected chi connectivity index (χ0v) is 13.5. The van der Waals surface area contributed by atoms with E-state index >= 15 is 0 Å². The lowest BCUT2D eigenvalue weighted by molar-refractivity contribution is -0.130. The van der Waals surface area contributed by atoms with Gasteiger partial charge in [-0.25, -0.2) is 0 Å². The molecule has 0 aliphatic heterocycles. The summed E-state index contributed by atoms with van der Waals surface area (Å²) in [6.07, 6.45) is 10.0. The van der Waals surface area contributed by atoms with Crippen LogP contribution >= 0.6 is 12.4 Å². The number of carbonyl (C=O) groups is 1. The first kappa shape index (κ1) is 16.1. The maximum absolute atomic E-state index is 11.6. The minimum Gasteiger partial charge on any atom is -0.342 e. The molecule has 4 aliphatic carbocycles. The van der Waals surface area contributed by atoms with Gasteiger partial charge in [-0.15, -0.1) is 12.4 Å². The van der Waals surface area contributed by atoms with E-state index in [0.29, 0.717) is 12.0 Å². The van der Waals surface area contributed by atoms with E-state index in [1.54, 1.807) is 6.92 Å². The molecule has 4 bridgehead atoms. The molecular weight excluding hydrogens is 272 g/mol. The fourth-order valence-electron chi connectivity index (χ4n) is 5.55. The van der Waals surface area contributed by atoms with Crippen molar-refractivity contribution in [3.8, 4) is 0 Å². The summed E-state index contributed by atoms with van der Waals surface area (Å²) in [5.41, 5.74) is 6.19. The van der Waals surface area contributed by atoms with Gasteiger partial charge in [-0.2, -0.15) is 0 Å². The second-order valence-electron chi connectivity index (χ2n) is 7.46. The van der Waals surface area contributed by atoms with Crippen LogP contribution in [0.4, 0.5) is 0 Å². The molecule has 0 radical (unpaired) electrons. The molecule has 0 aromatic heterocycles. The predicted octanol–water partition coefficient (Wildman–Crippen LogP) is 2.82. The van der Waals surface area contributed by atoms with E-state index in [1.165, 1.54) is 44.9 Å². The van der Waals surface area contributed by atoms with Crippen LogP contribution in [0.3, 0.4) is 0 Å². The minimum atomic E-state index is 0. The summed E-state index contributed by atoms with van der Waals surface area (Å²) >= 11 is 0. The van der Waals surface area contributed by atoms with Gasteiger partial charge < -0.3 is 10.6 Å². The van der Waals surface area contributed by atoms with Crippen LogP contribution in [-0.4, -0.2) is 30.4 Å². The summed E-state index contributed by atoms with van der Waals surface area (Å²) in [5.74, 6) is 3.21. The summed E-state index contributed by atoms with van der Waals surface area (Å²) in [7, 11) is 0. The summed E-state index contributed by atoms with van der Waals surface area (Å²) in [4.78, 5) is 13.6. The summed E-state index contributed by atoms with van der Waals surface area (Å²) in [5, 5.41) is 0.